The standard InChI is InChI=1S/C16H16N4/c1-16(2,3)12-8-9-17-15-19-13-10-6-4-5-7-11(10)18-14(13)20(12)15/h4-9,18H,1-3H3. The molecule has 0 aliphatic heterocycles. The minimum atomic E-state index is 0.0338. The first kappa shape index (κ1) is 11.5. The summed E-state index contributed by atoms with van der Waals surface area (Å²) in [4.78, 5) is 12.6. The van der Waals surface area contributed by atoms with Gasteiger partial charge in [0, 0.05) is 28.2 Å². The lowest BCUT2D eigenvalue weighted by Crippen LogP contribution is -2.16. The summed E-state index contributed by atoms with van der Waals surface area (Å²) in [5, 5.41) is 1.15. The summed E-state index contributed by atoms with van der Waals surface area (Å²) in [6.07, 6.45) is 1.84. The van der Waals surface area contributed by atoms with Crippen LogP contribution in [-0.2, 0) is 5.41 Å². The van der Waals surface area contributed by atoms with Gasteiger partial charge in [-0.05, 0) is 12.1 Å². The van der Waals surface area contributed by atoms with E-state index in [2.05, 4.69) is 53.3 Å². The molecule has 1 aromatic carbocycles. The van der Waals surface area contributed by atoms with E-state index in [1.807, 2.05) is 18.3 Å². The van der Waals surface area contributed by atoms with Crippen LogP contribution in [-0.4, -0.2) is 19.4 Å². The van der Waals surface area contributed by atoms with Gasteiger partial charge in [-0.25, -0.2) is 9.97 Å². The number of rotatable bonds is 0. The second kappa shape index (κ2) is 3.60. The van der Waals surface area contributed by atoms with Crippen molar-refractivity contribution in [2.75, 3.05) is 0 Å². The summed E-state index contributed by atoms with van der Waals surface area (Å²) in [5.74, 6) is 0.754. The van der Waals surface area contributed by atoms with E-state index in [0.717, 1.165) is 27.8 Å². The lowest BCUT2D eigenvalue weighted by Gasteiger charge is -2.20. The van der Waals surface area contributed by atoms with E-state index >= 15 is 0 Å². The molecule has 0 bridgehead atoms. The van der Waals surface area contributed by atoms with Gasteiger partial charge in [0.05, 0.1) is 0 Å². The van der Waals surface area contributed by atoms with Crippen molar-refractivity contribution in [3.8, 4) is 0 Å². The molecule has 4 heteroatoms. The second-order valence-electron chi connectivity index (χ2n) is 6.20. The van der Waals surface area contributed by atoms with Gasteiger partial charge >= 0.3 is 0 Å². The molecule has 4 nitrogen and oxygen atoms in total. The van der Waals surface area contributed by atoms with Crippen molar-refractivity contribution in [2.45, 2.75) is 26.2 Å². The lowest BCUT2D eigenvalue weighted by molar-refractivity contribution is 0.561. The normalized spacial score (nSPS) is 12.8. The Balaban J connectivity index is 2.25. The van der Waals surface area contributed by atoms with Gasteiger partial charge in [0.1, 0.15) is 11.2 Å². The van der Waals surface area contributed by atoms with Crippen LogP contribution in [0.5, 0.6) is 0 Å². The third-order valence-electron chi connectivity index (χ3n) is 3.73. The van der Waals surface area contributed by atoms with Gasteiger partial charge in [0.15, 0.2) is 0 Å². The molecule has 0 amide bonds. The van der Waals surface area contributed by atoms with Crippen LogP contribution in [0, 0.1) is 0 Å². The van der Waals surface area contributed by atoms with Gasteiger partial charge in [-0.3, -0.25) is 4.40 Å². The summed E-state index contributed by atoms with van der Waals surface area (Å²) in [6.45, 7) is 6.61. The molecule has 0 aliphatic rings. The van der Waals surface area contributed by atoms with E-state index in [9.17, 15) is 0 Å². The Morgan fingerprint density at radius 3 is 2.70 bits per heavy atom. The fourth-order valence-corrected chi connectivity index (χ4v) is 2.79. The molecule has 3 aromatic heterocycles. The number of aromatic amines is 1. The van der Waals surface area contributed by atoms with Crippen LogP contribution in [0.15, 0.2) is 36.5 Å². The van der Waals surface area contributed by atoms with Crippen LogP contribution < -0.4 is 0 Å². The van der Waals surface area contributed by atoms with Crippen molar-refractivity contribution >= 4 is 27.8 Å². The molecule has 4 rings (SSSR count). The zero-order valence-electron chi connectivity index (χ0n) is 11.8. The van der Waals surface area contributed by atoms with Crippen LogP contribution in [0.1, 0.15) is 26.5 Å². The Kier molecular flexibility index (Phi) is 2.06. The fraction of sp³-hybridized carbons (Fsp3) is 0.250. The minimum absolute atomic E-state index is 0.0338. The maximum absolute atomic E-state index is 4.70. The lowest BCUT2D eigenvalue weighted by atomic mass is 9.92. The van der Waals surface area contributed by atoms with E-state index in [-0.39, 0.29) is 5.41 Å². The van der Waals surface area contributed by atoms with E-state index < -0.39 is 0 Å². The number of hydrogen-bond acceptors (Lipinski definition) is 2. The molecule has 0 unspecified atom stereocenters. The molecule has 0 fully saturated rings. The minimum Gasteiger partial charge on any atom is -0.339 e. The monoisotopic (exact) mass is 264 g/mol. The number of imidazole rings is 1. The molecule has 1 N–H and O–H groups in total. The molecule has 0 saturated heterocycles. The molecule has 0 aliphatic carbocycles. The van der Waals surface area contributed by atoms with Gasteiger partial charge in [-0.15, -0.1) is 0 Å². The molecular weight excluding hydrogens is 248 g/mol. The Hall–Kier alpha value is -2.36. The predicted octanol–water partition coefficient (Wildman–Crippen LogP) is 3.66. The summed E-state index contributed by atoms with van der Waals surface area (Å²) in [7, 11) is 0. The third-order valence-corrected chi connectivity index (χ3v) is 3.73. The van der Waals surface area contributed by atoms with Crippen molar-refractivity contribution in [1.29, 1.82) is 0 Å². The smallest absolute Gasteiger partial charge is 0.236 e. The summed E-state index contributed by atoms with van der Waals surface area (Å²) >= 11 is 0. The first-order chi connectivity index (χ1) is 9.55. The highest BCUT2D eigenvalue weighted by Crippen LogP contribution is 2.29. The summed E-state index contributed by atoms with van der Waals surface area (Å²) < 4.78 is 2.13. The maximum atomic E-state index is 4.70. The number of H-pyrrole nitrogens is 1. The van der Waals surface area contributed by atoms with E-state index in [0.29, 0.717) is 0 Å². The average Bonchev–Trinajstić information content (AvgIpc) is 2.93. The molecular formula is C16H16N4. The number of aromatic nitrogens is 4. The first-order valence-electron chi connectivity index (χ1n) is 6.80. The zero-order chi connectivity index (χ0) is 13.9. The number of nitrogens with one attached hydrogen (secondary N) is 1. The summed E-state index contributed by atoms with van der Waals surface area (Å²) in [6, 6.07) is 10.3. The molecule has 20 heavy (non-hydrogen) atoms. The fourth-order valence-electron chi connectivity index (χ4n) is 2.79. The number of benzene rings is 1. The Labute approximate surface area is 116 Å². The Morgan fingerprint density at radius 1 is 1.10 bits per heavy atom. The average molecular weight is 264 g/mol. The molecule has 3 heterocycles. The van der Waals surface area contributed by atoms with Gasteiger partial charge in [0.2, 0.25) is 5.78 Å². The molecule has 100 valence electrons. The second-order valence-corrected chi connectivity index (χ2v) is 6.20. The van der Waals surface area contributed by atoms with Gasteiger partial charge in [0.25, 0.3) is 0 Å². The highest BCUT2D eigenvalue weighted by Gasteiger charge is 2.21. The third kappa shape index (κ3) is 1.42. The molecule has 0 saturated carbocycles. The van der Waals surface area contributed by atoms with E-state index in [4.69, 9.17) is 4.98 Å². The summed E-state index contributed by atoms with van der Waals surface area (Å²) in [5.41, 5.74) is 4.37. The quantitative estimate of drug-likeness (QED) is 0.527. The van der Waals surface area contributed by atoms with Gasteiger partial charge in [-0.1, -0.05) is 39.0 Å². The molecule has 0 radical (unpaired) electrons. The predicted molar refractivity (Wildman–Crippen MR) is 81.0 cm³/mol. The number of hydrogen-bond donors (Lipinski definition) is 1. The van der Waals surface area contributed by atoms with Gasteiger partial charge in [-0.2, -0.15) is 0 Å². The first-order valence-corrected chi connectivity index (χ1v) is 6.80. The van der Waals surface area contributed by atoms with Crippen LogP contribution >= 0.6 is 0 Å². The van der Waals surface area contributed by atoms with Crippen LogP contribution in [0.4, 0.5) is 0 Å². The van der Waals surface area contributed by atoms with E-state index in [1.54, 1.807) is 0 Å². The largest absolute Gasteiger partial charge is 0.339 e. The molecule has 0 spiro atoms. The topological polar surface area (TPSA) is 46.0 Å². The Bertz CT molecular complexity index is 937. The number of nitrogens with zero attached hydrogens (tertiary/aromatic N) is 3. The highest BCUT2D eigenvalue weighted by molar-refractivity contribution is 6.05. The number of fused-ring (bicyclic) bond motifs is 5. The van der Waals surface area contributed by atoms with Crippen molar-refractivity contribution in [1.82, 2.24) is 19.4 Å². The van der Waals surface area contributed by atoms with Crippen molar-refractivity contribution < 1.29 is 0 Å². The van der Waals surface area contributed by atoms with Crippen molar-refractivity contribution in [2.24, 2.45) is 0 Å². The van der Waals surface area contributed by atoms with Crippen molar-refractivity contribution in [3.05, 3.63) is 42.2 Å². The van der Waals surface area contributed by atoms with Crippen LogP contribution in [0.25, 0.3) is 27.8 Å². The Morgan fingerprint density at radius 2 is 1.90 bits per heavy atom. The zero-order valence-corrected chi connectivity index (χ0v) is 11.8. The highest BCUT2D eigenvalue weighted by atomic mass is 15.1. The van der Waals surface area contributed by atoms with Crippen molar-refractivity contribution in [3.63, 3.8) is 0 Å². The van der Waals surface area contributed by atoms with E-state index in [1.165, 1.54) is 5.69 Å². The van der Waals surface area contributed by atoms with Gasteiger partial charge < -0.3 is 4.98 Å². The SMILES string of the molecule is CC(C)(C)c1ccnc2nc3c4ccccc4[nH]c3n12. The van der Waals surface area contributed by atoms with Crippen LogP contribution in [0.3, 0.4) is 0 Å². The van der Waals surface area contributed by atoms with Crippen LogP contribution in [0.2, 0.25) is 0 Å². The molecule has 0 atom stereocenters. The molecule has 4 aromatic rings. The maximum Gasteiger partial charge on any atom is 0.236 e. The number of para-hydroxylation sites is 1.